The van der Waals surface area contributed by atoms with Gasteiger partial charge in [0.2, 0.25) is 0 Å². The Morgan fingerprint density at radius 3 is 2.04 bits per heavy atom. The van der Waals surface area contributed by atoms with Crippen LogP contribution < -0.4 is 5.32 Å². The molecule has 162 valence electrons. The van der Waals surface area contributed by atoms with Gasteiger partial charge in [-0.25, -0.2) is 4.79 Å². The SMILES string of the molecule is CC(=O)OC1C(C)CN(CCN2CCC(NC(=O)OC(C)(C)C)CC2)CC1C. The lowest BCUT2D eigenvalue weighted by Crippen LogP contribution is -2.52. The van der Waals surface area contributed by atoms with Crippen molar-refractivity contribution in [3.05, 3.63) is 0 Å². The van der Waals surface area contributed by atoms with Crippen LogP contribution in [0.25, 0.3) is 0 Å². The Balaban J connectivity index is 1.67. The van der Waals surface area contributed by atoms with Gasteiger partial charge in [-0.05, 0) is 33.6 Å². The molecule has 0 aromatic rings. The van der Waals surface area contributed by atoms with Crippen LogP contribution in [0.3, 0.4) is 0 Å². The smallest absolute Gasteiger partial charge is 0.407 e. The first kappa shape index (κ1) is 22.9. The molecule has 0 bridgehead atoms. The predicted molar refractivity (Wildman–Crippen MR) is 109 cm³/mol. The Hall–Kier alpha value is -1.34. The van der Waals surface area contributed by atoms with Crippen LogP contribution in [0, 0.1) is 11.8 Å². The highest BCUT2D eigenvalue weighted by atomic mass is 16.6. The zero-order valence-corrected chi connectivity index (χ0v) is 18.5. The molecular formula is C21H39N3O4. The van der Waals surface area contributed by atoms with Crippen LogP contribution >= 0.6 is 0 Å². The molecule has 1 amide bonds. The first-order chi connectivity index (χ1) is 13.0. The van der Waals surface area contributed by atoms with Crippen LogP contribution in [0.2, 0.25) is 0 Å². The number of piperidine rings is 2. The van der Waals surface area contributed by atoms with Gasteiger partial charge in [-0.2, -0.15) is 0 Å². The van der Waals surface area contributed by atoms with Crippen molar-refractivity contribution in [1.82, 2.24) is 15.1 Å². The fourth-order valence-electron chi connectivity index (χ4n) is 4.32. The third kappa shape index (κ3) is 7.59. The van der Waals surface area contributed by atoms with Gasteiger partial charge in [0, 0.05) is 64.1 Å². The van der Waals surface area contributed by atoms with E-state index in [-0.39, 0.29) is 24.2 Å². The molecule has 0 aliphatic carbocycles. The molecule has 2 atom stereocenters. The van der Waals surface area contributed by atoms with Gasteiger partial charge >= 0.3 is 12.1 Å². The lowest BCUT2D eigenvalue weighted by Gasteiger charge is -2.41. The second-order valence-electron chi connectivity index (χ2n) is 9.55. The van der Waals surface area contributed by atoms with Gasteiger partial charge in [-0.3, -0.25) is 4.79 Å². The molecule has 2 fully saturated rings. The molecule has 2 heterocycles. The molecule has 28 heavy (non-hydrogen) atoms. The lowest BCUT2D eigenvalue weighted by molar-refractivity contribution is -0.155. The standard InChI is InChI=1S/C21H39N3O4/c1-15-13-24(14-16(2)19(15)27-17(3)25)12-11-23-9-7-18(8-10-23)22-20(26)28-21(4,5)6/h15-16,18-19H,7-14H2,1-6H3,(H,22,26). The Morgan fingerprint density at radius 1 is 1.00 bits per heavy atom. The van der Waals surface area contributed by atoms with Crippen molar-refractivity contribution in [2.45, 2.75) is 72.1 Å². The summed E-state index contributed by atoms with van der Waals surface area (Å²) in [5, 5.41) is 2.99. The highest BCUT2D eigenvalue weighted by Gasteiger charge is 2.34. The largest absolute Gasteiger partial charge is 0.462 e. The number of alkyl carbamates (subject to hydrolysis) is 1. The normalized spacial score (nSPS) is 28.0. The minimum Gasteiger partial charge on any atom is -0.462 e. The van der Waals surface area contributed by atoms with Crippen LogP contribution in [0.4, 0.5) is 4.79 Å². The Bertz CT molecular complexity index is 514. The number of esters is 1. The molecule has 2 aliphatic heterocycles. The van der Waals surface area contributed by atoms with Crippen molar-refractivity contribution in [1.29, 1.82) is 0 Å². The van der Waals surface area contributed by atoms with E-state index in [0.29, 0.717) is 11.8 Å². The van der Waals surface area contributed by atoms with E-state index in [9.17, 15) is 9.59 Å². The number of carbonyl (C=O) groups is 2. The van der Waals surface area contributed by atoms with Crippen LogP contribution in [-0.2, 0) is 14.3 Å². The molecule has 2 rings (SSSR count). The van der Waals surface area contributed by atoms with E-state index in [2.05, 4.69) is 29.0 Å². The van der Waals surface area contributed by atoms with Crippen molar-refractivity contribution < 1.29 is 19.1 Å². The number of nitrogens with zero attached hydrogens (tertiary/aromatic N) is 2. The second-order valence-corrected chi connectivity index (χ2v) is 9.55. The van der Waals surface area contributed by atoms with Crippen molar-refractivity contribution >= 4 is 12.1 Å². The summed E-state index contributed by atoms with van der Waals surface area (Å²) < 4.78 is 10.9. The maximum Gasteiger partial charge on any atom is 0.407 e. The number of nitrogens with one attached hydrogen (secondary N) is 1. The second kappa shape index (κ2) is 9.92. The van der Waals surface area contributed by atoms with E-state index in [1.54, 1.807) is 0 Å². The molecule has 0 aromatic carbocycles. The van der Waals surface area contributed by atoms with Crippen LogP contribution in [0.5, 0.6) is 0 Å². The molecule has 1 N–H and O–H groups in total. The van der Waals surface area contributed by atoms with E-state index in [1.807, 2.05) is 20.8 Å². The molecule has 7 nitrogen and oxygen atoms in total. The number of likely N-dealkylation sites (tertiary alicyclic amines) is 2. The van der Waals surface area contributed by atoms with Crippen molar-refractivity contribution in [2.75, 3.05) is 39.3 Å². The molecule has 2 aliphatic rings. The Labute approximate surface area is 170 Å². The maximum atomic E-state index is 11.9. The summed E-state index contributed by atoms with van der Waals surface area (Å²) in [6.45, 7) is 17.5. The molecule has 7 heteroatoms. The monoisotopic (exact) mass is 397 g/mol. The van der Waals surface area contributed by atoms with Gasteiger partial charge in [0.25, 0.3) is 0 Å². The van der Waals surface area contributed by atoms with Gasteiger partial charge < -0.3 is 24.6 Å². The first-order valence-electron chi connectivity index (χ1n) is 10.6. The van der Waals surface area contributed by atoms with Crippen molar-refractivity contribution in [3.8, 4) is 0 Å². The number of amides is 1. The molecule has 0 radical (unpaired) electrons. The van der Waals surface area contributed by atoms with Gasteiger partial charge in [0.1, 0.15) is 11.7 Å². The van der Waals surface area contributed by atoms with Crippen LogP contribution in [-0.4, -0.2) is 78.9 Å². The van der Waals surface area contributed by atoms with E-state index in [4.69, 9.17) is 9.47 Å². The third-order valence-electron chi connectivity index (χ3n) is 5.56. The summed E-state index contributed by atoms with van der Waals surface area (Å²) >= 11 is 0. The predicted octanol–water partition coefficient (Wildman–Crippen LogP) is 2.50. The summed E-state index contributed by atoms with van der Waals surface area (Å²) in [6, 6.07) is 0.200. The highest BCUT2D eigenvalue weighted by Crippen LogP contribution is 2.25. The fourth-order valence-corrected chi connectivity index (χ4v) is 4.32. The van der Waals surface area contributed by atoms with Crippen molar-refractivity contribution in [3.63, 3.8) is 0 Å². The Kier molecular flexibility index (Phi) is 8.13. The number of hydrogen-bond donors (Lipinski definition) is 1. The average molecular weight is 398 g/mol. The quantitative estimate of drug-likeness (QED) is 0.719. The fraction of sp³-hybridized carbons (Fsp3) is 0.905. The topological polar surface area (TPSA) is 71.1 Å². The number of rotatable bonds is 5. The van der Waals surface area contributed by atoms with Gasteiger partial charge in [0.15, 0.2) is 0 Å². The highest BCUT2D eigenvalue weighted by molar-refractivity contribution is 5.68. The van der Waals surface area contributed by atoms with Gasteiger partial charge in [-0.1, -0.05) is 13.8 Å². The summed E-state index contributed by atoms with van der Waals surface area (Å²) in [6.07, 6.45) is 1.63. The molecule has 2 unspecified atom stereocenters. The molecule has 0 saturated carbocycles. The van der Waals surface area contributed by atoms with E-state index in [1.165, 1.54) is 6.92 Å². The van der Waals surface area contributed by atoms with E-state index < -0.39 is 5.60 Å². The molecule has 0 spiro atoms. The zero-order valence-electron chi connectivity index (χ0n) is 18.5. The number of ether oxygens (including phenoxy) is 2. The maximum absolute atomic E-state index is 11.9. The summed E-state index contributed by atoms with van der Waals surface area (Å²) in [4.78, 5) is 28.2. The summed E-state index contributed by atoms with van der Waals surface area (Å²) in [7, 11) is 0. The summed E-state index contributed by atoms with van der Waals surface area (Å²) in [5.74, 6) is 0.535. The zero-order chi connectivity index (χ0) is 20.9. The minimum atomic E-state index is -0.456. The van der Waals surface area contributed by atoms with E-state index in [0.717, 1.165) is 52.1 Å². The number of hydrogen-bond acceptors (Lipinski definition) is 6. The van der Waals surface area contributed by atoms with Gasteiger partial charge in [-0.15, -0.1) is 0 Å². The first-order valence-corrected chi connectivity index (χ1v) is 10.6. The molecule has 0 aromatic heterocycles. The Morgan fingerprint density at radius 2 is 1.54 bits per heavy atom. The lowest BCUT2D eigenvalue weighted by atomic mass is 9.88. The van der Waals surface area contributed by atoms with Crippen LogP contribution in [0.1, 0.15) is 54.4 Å². The van der Waals surface area contributed by atoms with Gasteiger partial charge in [0.05, 0.1) is 0 Å². The van der Waals surface area contributed by atoms with Crippen molar-refractivity contribution in [2.24, 2.45) is 11.8 Å². The molecular weight excluding hydrogens is 358 g/mol. The molecule has 2 saturated heterocycles. The third-order valence-corrected chi connectivity index (χ3v) is 5.56. The minimum absolute atomic E-state index is 0.0309. The summed E-state index contributed by atoms with van der Waals surface area (Å²) in [5.41, 5.74) is -0.456. The van der Waals surface area contributed by atoms with E-state index >= 15 is 0 Å². The average Bonchev–Trinajstić information content (AvgIpc) is 2.55. The number of carbonyl (C=O) groups excluding carboxylic acids is 2. The van der Waals surface area contributed by atoms with Crippen LogP contribution in [0.15, 0.2) is 0 Å².